The summed E-state index contributed by atoms with van der Waals surface area (Å²) in [4.78, 5) is 41.9. The first-order valence-electron chi connectivity index (χ1n) is 13.1. The van der Waals surface area contributed by atoms with Crippen LogP contribution in [-0.4, -0.2) is 46.8 Å². The van der Waals surface area contributed by atoms with E-state index in [1.807, 2.05) is 26.8 Å². The molecule has 1 aliphatic heterocycles. The summed E-state index contributed by atoms with van der Waals surface area (Å²) in [5.74, 6) is 0.441. The van der Waals surface area contributed by atoms with Crippen LogP contribution in [0.15, 0.2) is 60.9 Å². The topological polar surface area (TPSA) is 71.9 Å². The summed E-state index contributed by atoms with van der Waals surface area (Å²) >= 11 is 3.33. The molecule has 204 valence electrons. The van der Waals surface area contributed by atoms with Crippen molar-refractivity contribution in [1.82, 2.24) is 9.88 Å². The molecule has 0 N–H and O–H groups in total. The van der Waals surface area contributed by atoms with Crippen LogP contribution in [0, 0.1) is 12.8 Å². The normalized spacial score (nSPS) is 16.8. The van der Waals surface area contributed by atoms with Gasteiger partial charge in [-0.2, -0.15) is 0 Å². The van der Waals surface area contributed by atoms with Crippen LogP contribution in [-0.2, 0) is 4.84 Å². The number of aromatic nitrogens is 1. The van der Waals surface area contributed by atoms with Gasteiger partial charge in [-0.3, -0.25) is 19.5 Å². The first-order chi connectivity index (χ1) is 19.1. The number of hydrogen-bond donors (Lipinski definition) is 0. The number of carbonyl (C=O) groups is 2. The SMILES string of the molecule is C=C/C(=C1\C(=C)/C(=N\OC)c2c(C)cc3c4c(cnc1c24)C(=O)N(CC(C)C)C3=O)c1ccc(C(=C)SCC)s1. The third-order valence-corrected chi connectivity index (χ3v) is 9.20. The van der Waals surface area contributed by atoms with Gasteiger partial charge in [-0.1, -0.05) is 51.7 Å². The number of amides is 2. The quantitative estimate of drug-likeness (QED) is 0.206. The van der Waals surface area contributed by atoms with E-state index in [-0.39, 0.29) is 17.7 Å². The molecule has 2 aromatic heterocycles. The smallest absolute Gasteiger partial charge is 0.262 e. The number of rotatable bonds is 8. The number of imide groups is 1. The second-order valence-corrected chi connectivity index (χ2v) is 12.6. The second kappa shape index (κ2) is 10.7. The minimum Gasteiger partial charge on any atom is -0.399 e. The number of benzene rings is 1. The van der Waals surface area contributed by atoms with Gasteiger partial charge in [-0.25, -0.2) is 0 Å². The summed E-state index contributed by atoms with van der Waals surface area (Å²) in [7, 11) is 1.49. The molecule has 1 aliphatic carbocycles. The minimum atomic E-state index is -0.334. The lowest BCUT2D eigenvalue weighted by atomic mass is 9.77. The summed E-state index contributed by atoms with van der Waals surface area (Å²) in [6, 6.07) is 5.96. The Morgan fingerprint density at radius 2 is 1.90 bits per heavy atom. The number of pyridine rings is 1. The predicted molar refractivity (Wildman–Crippen MR) is 168 cm³/mol. The van der Waals surface area contributed by atoms with Crippen LogP contribution in [0.2, 0.25) is 0 Å². The molecule has 0 unspecified atom stereocenters. The zero-order valence-electron chi connectivity index (χ0n) is 23.4. The number of oxime groups is 1. The van der Waals surface area contributed by atoms with Gasteiger partial charge in [0.05, 0.1) is 11.3 Å². The fraction of sp³-hybridized carbons (Fsp3) is 0.250. The number of thiophene rings is 1. The highest BCUT2D eigenvalue weighted by Gasteiger charge is 2.39. The van der Waals surface area contributed by atoms with Gasteiger partial charge in [-0.15, -0.1) is 23.1 Å². The van der Waals surface area contributed by atoms with Gasteiger partial charge in [0.15, 0.2) is 0 Å². The standard InChI is InChI=1S/C32H31N3O3S2/c1-9-20(24-12-11-23(40-24)19(7)39-10-2)26-18(6)29(34-38-8)25-17(5)13-21-27-22(14-33-30(26)28(25)27)32(37)35(31(21)36)15-16(3)4/h9,11-14,16H,1,6-7,10,15H2,2-5,8H3/b26-20-,34-29+. The molecule has 40 heavy (non-hydrogen) atoms. The van der Waals surface area contributed by atoms with E-state index in [0.29, 0.717) is 45.4 Å². The van der Waals surface area contributed by atoms with Crippen LogP contribution in [0.1, 0.15) is 68.1 Å². The maximum Gasteiger partial charge on any atom is 0.262 e. The van der Waals surface area contributed by atoms with E-state index in [1.54, 1.807) is 35.4 Å². The summed E-state index contributed by atoms with van der Waals surface area (Å²) in [6.45, 7) is 21.1. The Morgan fingerprint density at radius 3 is 2.55 bits per heavy atom. The van der Waals surface area contributed by atoms with Crippen molar-refractivity contribution in [2.24, 2.45) is 11.1 Å². The van der Waals surface area contributed by atoms with Gasteiger partial charge in [-0.05, 0) is 42.4 Å². The van der Waals surface area contributed by atoms with Crippen molar-refractivity contribution < 1.29 is 14.4 Å². The van der Waals surface area contributed by atoms with E-state index >= 15 is 0 Å². The molecule has 6 nitrogen and oxygen atoms in total. The van der Waals surface area contributed by atoms with Crippen LogP contribution < -0.4 is 0 Å². The highest BCUT2D eigenvalue weighted by atomic mass is 32.2. The number of hydrogen-bond acceptors (Lipinski definition) is 7. The number of carbonyl (C=O) groups excluding carboxylic acids is 2. The van der Waals surface area contributed by atoms with E-state index in [9.17, 15) is 9.59 Å². The van der Waals surface area contributed by atoms with Crippen molar-refractivity contribution in [3.05, 3.63) is 93.5 Å². The first kappa shape index (κ1) is 27.8. The Morgan fingerprint density at radius 1 is 1.20 bits per heavy atom. The minimum absolute atomic E-state index is 0.132. The van der Waals surface area contributed by atoms with Crippen molar-refractivity contribution in [2.75, 3.05) is 19.4 Å². The van der Waals surface area contributed by atoms with E-state index in [4.69, 9.17) is 9.82 Å². The van der Waals surface area contributed by atoms with Gasteiger partial charge in [0.25, 0.3) is 11.8 Å². The third-order valence-electron chi connectivity index (χ3n) is 7.03. The Balaban J connectivity index is 1.86. The lowest BCUT2D eigenvalue weighted by Crippen LogP contribution is -2.42. The van der Waals surface area contributed by atoms with Gasteiger partial charge in [0, 0.05) is 66.0 Å². The monoisotopic (exact) mass is 569 g/mol. The summed E-state index contributed by atoms with van der Waals surface area (Å²) in [6.07, 6.45) is 3.39. The first-order valence-corrected chi connectivity index (χ1v) is 14.9. The van der Waals surface area contributed by atoms with Crippen LogP contribution in [0.25, 0.3) is 26.8 Å². The van der Waals surface area contributed by atoms with Crippen LogP contribution in [0.3, 0.4) is 0 Å². The molecule has 0 saturated heterocycles. The predicted octanol–water partition coefficient (Wildman–Crippen LogP) is 7.60. The Hall–Kier alpha value is -3.75. The Kier molecular flexibility index (Phi) is 7.42. The molecule has 1 aromatic carbocycles. The van der Waals surface area contributed by atoms with E-state index < -0.39 is 0 Å². The largest absolute Gasteiger partial charge is 0.399 e. The van der Waals surface area contributed by atoms with Crippen molar-refractivity contribution in [3.63, 3.8) is 0 Å². The van der Waals surface area contributed by atoms with E-state index in [0.717, 1.165) is 42.7 Å². The Labute approximate surface area is 242 Å². The zero-order valence-corrected chi connectivity index (χ0v) is 25.0. The zero-order chi connectivity index (χ0) is 28.9. The van der Waals surface area contributed by atoms with Crippen molar-refractivity contribution in [3.8, 4) is 0 Å². The molecule has 2 amide bonds. The summed E-state index contributed by atoms with van der Waals surface area (Å²) in [5.41, 5.74) is 5.89. The number of aryl methyl sites for hydroxylation is 1. The highest BCUT2D eigenvalue weighted by molar-refractivity contribution is 8.08. The number of thioether (sulfide) groups is 1. The molecule has 3 heterocycles. The molecule has 2 aliphatic rings. The van der Waals surface area contributed by atoms with E-state index in [2.05, 4.69) is 43.9 Å². The van der Waals surface area contributed by atoms with Gasteiger partial charge >= 0.3 is 0 Å². The summed E-state index contributed by atoms with van der Waals surface area (Å²) in [5, 5.41) is 5.69. The van der Waals surface area contributed by atoms with Gasteiger partial charge < -0.3 is 4.84 Å². The van der Waals surface area contributed by atoms with Crippen molar-refractivity contribution >= 4 is 67.4 Å². The fourth-order valence-corrected chi connectivity index (χ4v) is 7.21. The molecule has 8 heteroatoms. The fourth-order valence-electron chi connectivity index (χ4n) is 5.43. The second-order valence-electron chi connectivity index (χ2n) is 10.1. The number of allylic oxidation sites excluding steroid dienone is 4. The molecule has 0 bridgehead atoms. The lowest BCUT2D eigenvalue weighted by Gasteiger charge is -2.32. The molecule has 0 saturated carbocycles. The van der Waals surface area contributed by atoms with Gasteiger partial charge in [0.2, 0.25) is 0 Å². The van der Waals surface area contributed by atoms with Crippen LogP contribution in [0.4, 0.5) is 0 Å². The maximum absolute atomic E-state index is 13.7. The third kappa shape index (κ3) is 4.26. The maximum atomic E-state index is 13.7. The molecule has 0 atom stereocenters. The highest BCUT2D eigenvalue weighted by Crippen LogP contribution is 2.47. The molecule has 0 fully saturated rings. The van der Waals surface area contributed by atoms with Crippen molar-refractivity contribution in [2.45, 2.75) is 27.7 Å². The van der Waals surface area contributed by atoms with E-state index in [1.165, 1.54) is 12.0 Å². The lowest BCUT2D eigenvalue weighted by molar-refractivity contribution is 0.0591. The van der Waals surface area contributed by atoms with Crippen molar-refractivity contribution in [1.29, 1.82) is 0 Å². The van der Waals surface area contributed by atoms with Crippen LogP contribution in [0.5, 0.6) is 0 Å². The molecular formula is C32H31N3O3S2. The molecule has 5 rings (SSSR count). The molecular weight excluding hydrogens is 539 g/mol. The van der Waals surface area contributed by atoms with Crippen LogP contribution >= 0.6 is 23.1 Å². The van der Waals surface area contributed by atoms with Gasteiger partial charge in [0.1, 0.15) is 12.8 Å². The Bertz CT molecular complexity index is 1710. The number of nitrogens with zero attached hydrogens (tertiary/aromatic N) is 3. The molecule has 0 radical (unpaired) electrons. The summed E-state index contributed by atoms with van der Waals surface area (Å²) < 4.78 is 0. The molecule has 3 aromatic rings. The molecule has 0 spiro atoms. The average Bonchev–Trinajstić information content (AvgIpc) is 3.41. The average molecular weight is 570 g/mol.